The van der Waals surface area contributed by atoms with Crippen LogP contribution in [0.25, 0.3) is 0 Å². The molecule has 3 heteroatoms. The van der Waals surface area contributed by atoms with Gasteiger partial charge in [-0.3, -0.25) is 4.79 Å². The van der Waals surface area contributed by atoms with Gasteiger partial charge in [0.15, 0.2) is 0 Å². The van der Waals surface area contributed by atoms with Crippen molar-refractivity contribution in [2.45, 2.75) is 32.1 Å². The summed E-state index contributed by atoms with van der Waals surface area (Å²) in [7, 11) is 0. The number of benzene rings is 1. The number of amides is 1. The Bertz CT molecular complexity index is 342. The van der Waals surface area contributed by atoms with Crippen LogP contribution in [0, 0.1) is 0 Å². The van der Waals surface area contributed by atoms with Crippen LogP contribution in [0.4, 0.5) is 0 Å². The van der Waals surface area contributed by atoms with Crippen molar-refractivity contribution in [3.8, 4) is 0 Å². The second-order valence-electron chi connectivity index (χ2n) is 4.06. The average molecular weight is 234 g/mol. The first kappa shape index (κ1) is 13.7. The predicted molar refractivity (Wildman–Crippen MR) is 70.8 cm³/mol. The summed E-state index contributed by atoms with van der Waals surface area (Å²) in [6, 6.07) is 9.87. The van der Waals surface area contributed by atoms with E-state index in [4.69, 9.17) is 5.73 Å². The molecule has 0 bridgehead atoms. The highest BCUT2D eigenvalue weighted by atomic mass is 16.1. The Kier molecular flexibility index (Phi) is 5.16. The molecule has 3 nitrogen and oxygen atoms in total. The minimum absolute atomic E-state index is 0.199. The van der Waals surface area contributed by atoms with E-state index in [0.29, 0.717) is 0 Å². The van der Waals surface area contributed by atoms with Crippen molar-refractivity contribution in [1.29, 1.82) is 0 Å². The maximum Gasteiger partial charge on any atom is 0.228 e. The first-order valence-corrected chi connectivity index (χ1v) is 6.32. The average Bonchev–Trinajstić information content (AvgIpc) is 2.42. The zero-order valence-electron chi connectivity index (χ0n) is 10.7. The van der Waals surface area contributed by atoms with Crippen LogP contribution in [-0.2, 0) is 10.2 Å². The van der Waals surface area contributed by atoms with Crippen molar-refractivity contribution >= 4 is 5.91 Å². The Morgan fingerprint density at radius 1 is 1.18 bits per heavy atom. The Morgan fingerprint density at radius 2 is 1.71 bits per heavy atom. The molecule has 0 radical (unpaired) electrons. The fraction of sp³-hybridized carbons (Fsp3) is 0.500. The predicted octanol–water partition coefficient (Wildman–Crippen LogP) is 1.82. The number of rotatable bonds is 2. The number of piperidine rings is 1. The van der Waals surface area contributed by atoms with E-state index in [-0.39, 0.29) is 5.91 Å². The van der Waals surface area contributed by atoms with Crippen LogP contribution in [0.1, 0.15) is 32.3 Å². The van der Waals surface area contributed by atoms with Crippen LogP contribution >= 0.6 is 0 Å². The third-order valence-electron chi connectivity index (χ3n) is 3.26. The smallest absolute Gasteiger partial charge is 0.228 e. The minimum Gasteiger partial charge on any atom is -0.369 e. The summed E-state index contributed by atoms with van der Waals surface area (Å²) in [5.74, 6) is -0.199. The Hall–Kier alpha value is -1.35. The van der Waals surface area contributed by atoms with Crippen molar-refractivity contribution < 1.29 is 4.79 Å². The van der Waals surface area contributed by atoms with Gasteiger partial charge in [-0.2, -0.15) is 0 Å². The van der Waals surface area contributed by atoms with Crippen LogP contribution in [0.2, 0.25) is 0 Å². The van der Waals surface area contributed by atoms with Gasteiger partial charge < -0.3 is 11.1 Å². The van der Waals surface area contributed by atoms with Crippen molar-refractivity contribution in [3.05, 3.63) is 35.9 Å². The maximum absolute atomic E-state index is 11.7. The highest BCUT2D eigenvalue weighted by Gasteiger charge is 2.39. The molecule has 1 aromatic rings. The van der Waals surface area contributed by atoms with Crippen molar-refractivity contribution in [3.63, 3.8) is 0 Å². The summed E-state index contributed by atoms with van der Waals surface area (Å²) in [6.45, 7) is 5.72. The Morgan fingerprint density at radius 3 is 2.18 bits per heavy atom. The number of carbonyl (C=O) groups excluding carboxylic acids is 1. The molecule has 0 aliphatic carbocycles. The lowest BCUT2D eigenvalue weighted by molar-refractivity contribution is -0.124. The molecule has 1 amide bonds. The van der Waals surface area contributed by atoms with E-state index in [2.05, 4.69) is 5.32 Å². The quantitative estimate of drug-likeness (QED) is 0.820. The zero-order valence-corrected chi connectivity index (χ0v) is 10.7. The van der Waals surface area contributed by atoms with Gasteiger partial charge in [0, 0.05) is 0 Å². The van der Waals surface area contributed by atoms with E-state index in [0.717, 1.165) is 31.5 Å². The molecule has 0 saturated carbocycles. The van der Waals surface area contributed by atoms with Crippen molar-refractivity contribution in [1.82, 2.24) is 5.32 Å². The fourth-order valence-corrected chi connectivity index (χ4v) is 2.29. The van der Waals surface area contributed by atoms with Crippen LogP contribution < -0.4 is 11.1 Å². The van der Waals surface area contributed by atoms with E-state index in [1.54, 1.807) is 0 Å². The van der Waals surface area contributed by atoms with Crippen LogP contribution in [0.15, 0.2) is 30.3 Å². The number of primary amides is 1. The molecule has 1 aliphatic rings. The molecule has 1 aliphatic heterocycles. The van der Waals surface area contributed by atoms with E-state index in [9.17, 15) is 4.79 Å². The normalized spacial score (nSPS) is 17.8. The number of nitrogens with one attached hydrogen (secondary N) is 1. The second-order valence-corrected chi connectivity index (χ2v) is 4.06. The largest absolute Gasteiger partial charge is 0.369 e. The Balaban J connectivity index is 0.000000686. The van der Waals surface area contributed by atoms with Crippen LogP contribution in [0.3, 0.4) is 0 Å². The molecule has 1 fully saturated rings. The summed E-state index contributed by atoms with van der Waals surface area (Å²) in [6.07, 6.45) is 1.60. The lowest BCUT2D eigenvalue weighted by Gasteiger charge is -2.35. The minimum atomic E-state index is -0.452. The SMILES string of the molecule is CC.NC(=O)C1(c2ccccc2)CCNCC1. The zero-order chi connectivity index (χ0) is 12.7. The molecule has 1 heterocycles. The molecule has 1 aromatic carbocycles. The summed E-state index contributed by atoms with van der Waals surface area (Å²) >= 11 is 0. The molecular weight excluding hydrogens is 212 g/mol. The number of carbonyl (C=O) groups is 1. The van der Waals surface area contributed by atoms with E-state index in [1.807, 2.05) is 44.2 Å². The summed E-state index contributed by atoms with van der Waals surface area (Å²) in [5, 5.41) is 3.26. The van der Waals surface area contributed by atoms with E-state index >= 15 is 0 Å². The lowest BCUT2D eigenvalue weighted by atomic mass is 9.72. The molecule has 0 atom stereocenters. The molecule has 2 rings (SSSR count). The second kappa shape index (κ2) is 6.40. The van der Waals surface area contributed by atoms with E-state index < -0.39 is 5.41 Å². The number of hydrogen-bond donors (Lipinski definition) is 2. The van der Waals surface area contributed by atoms with Gasteiger partial charge in [-0.05, 0) is 31.5 Å². The van der Waals surface area contributed by atoms with Crippen molar-refractivity contribution in [2.75, 3.05) is 13.1 Å². The molecule has 1 saturated heterocycles. The first-order valence-electron chi connectivity index (χ1n) is 6.32. The highest BCUT2D eigenvalue weighted by molar-refractivity contribution is 5.86. The first-order chi connectivity index (χ1) is 8.26. The summed E-state index contributed by atoms with van der Waals surface area (Å²) in [4.78, 5) is 11.7. The van der Waals surface area contributed by atoms with Gasteiger partial charge in [0.25, 0.3) is 0 Å². The van der Waals surface area contributed by atoms with Gasteiger partial charge in [0.05, 0.1) is 5.41 Å². The number of hydrogen-bond acceptors (Lipinski definition) is 2. The molecule has 0 aromatic heterocycles. The van der Waals surface area contributed by atoms with Crippen LogP contribution in [-0.4, -0.2) is 19.0 Å². The molecule has 0 unspecified atom stereocenters. The molecule has 94 valence electrons. The van der Waals surface area contributed by atoms with Gasteiger partial charge in [-0.15, -0.1) is 0 Å². The topological polar surface area (TPSA) is 55.1 Å². The van der Waals surface area contributed by atoms with Gasteiger partial charge in [-0.25, -0.2) is 0 Å². The molecule has 3 N–H and O–H groups in total. The van der Waals surface area contributed by atoms with E-state index in [1.165, 1.54) is 0 Å². The lowest BCUT2D eigenvalue weighted by Crippen LogP contribution is -2.48. The van der Waals surface area contributed by atoms with Gasteiger partial charge in [-0.1, -0.05) is 44.2 Å². The Labute approximate surface area is 103 Å². The third kappa shape index (κ3) is 2.86. The number of nitrogens with two attached hydrogens (primary N) is 1. The standard InChI is InChI=1S/C12H16N2O.C2H6/c13-11(15)12(6-8-14-9-7-12)10-4-2-1-3-5-10;1-2/h1-5,14H,6-9H2,(H2,13,15);1-2H3. The third-order valence-corrected chi connectivity index (χ3v) is 3.26. The molecule has 0 spiro atoms. The summed E-state index contributed by atoms with van der Waals surface area (Å²) in [5.41, 5.74) is 6.17. The van der Waals surface area contributed by atoms with Crippen LogP contribution in [0.5, 0.6) is 0 Å². The highest BCUT2D eigenvalue weighted by Crippen LogP contribution is 2.32. The monoisotopic (exact) mass is 234 g/mol. The molecular formula is C14H22N2O. The fourth-order valence-electron chi connectivity index (χ4n) is 2.29. The molecule has 17 heavy (non-hydrogen) atoms. The van der Waals surface area contributed by atoms with Gasteiger partial charge in [0.2, 0.25) is 5.91 Å². The van der Waals surface area contributed by atoms with Crippen molar-refractivity contribution in [2.24, 2.45) is 5.73 Å². The maximum atomic E-state index is 11.7. The summed E-state index contributed by atoms with van der Waals surface area (Å²) < 4.78 is 0. The van der Waals surface area contributed by atoms with Gasteiger partial charge >= 0.3 is 0 Å². The van der Waals surface area contributed by atoms with Gasteiger partial charge in [0.1, 0.15) is 0 Å².